The van der Waals surface area contributed by atoms with Gasteiger partial charge in [0.05, 0.1) is 25.3 Å². The molecule has 3 heterocycles. The summed E-state index contributed by atoms with van der Waals surface area (Å²) in [5.74, 6) is 1.05. The summed E-state index contributed by atoms with van der Waals surface area (Å²) in [5, 5.41) is 12.6. The number of aromatic nitrogens is 1. The van der Waals surface area contributed by atoms with Crippen LogP contribution >= 0.6 is 11.6 Å². The number of aryl methyl sites for hydroxylation is 1. The van der Waals surface area contributed by atoms with Gasteiger partial charge in [0.15, 0.2) is 0 Å². The lowest BCUT2D eigenvalue weighted by Crippen LogP contribution is -2.54. The lowest BCUT2D eigenvalue weighted by molar-refractivity contribution is -0.132. The Hall–Kier alpha value is -2.54. The van der Waals surface area contributed by atoms with Crippen LogP contribution in [0.1, 0.15) is 49.0 Å². The van der Waals surface area contributed by atoms with Crippen LogP contribution in [0.3, 0.4) is 0 Å². The van der Waals surface area contributed by atoms with Crippen LogP contribution in [-0.2, 0) is 23.8 Å². The van der Waals surface area contributed by atoms with E-state index in [1.165, 1.54) is 16.6 Å². The van der Waals surface area contributed by atoms with Gasteiger partial charge in [-0.1, -0.05) is 30.7 Å². The number of amides is 1. The van der Waals surface area contributed by atoms with Crippen molar-refractivity contribution in [2.45, 2.75) is 44.2 Å². The minimum absolute atomic E-state index is 0.0331. The lowest BCUT2D eigenvalue weighted by atomic mass is 9.68. The largest absolute Gasteiger partial charge is 0.497 e. The maximum atomic E-state index is 12.5. The normalized spacial score (nSPS) is 19.8. The average Bonchev–Trinajstić information content (AvgIpc) is 3.17. The SMILES string of the molecule is CCC(=O)N1CCC2(CC1)CN(Cc1cccc(Cl)c1)[C@@H](CO)c1c2c2ccc(OC)cc2n1C. The summed E-state index contributed by atoms with van der Waals surface area (Å²) in [6.45, 7) is 5.01. The van der Waals surface area contributed by atoms with Crippen LogP contribution in [0.5, 0.6) is 5.75 Å². The summed E-state index contributed by atoms with van der Waals surface area (Å²) >= 11 is 6.30. The zero-order chi connectivity index (χ0) is 24.7. The first-order valence-electron chi connectivity index (χ1n) is 12.4. The predicted molar refractivity (Wildman–Crippen MR) is 139 cm³/mol. The second kappa shape index (κ2) is 9.49. The van der Waals surface area contributed by atoms with Crippen molar-refractivity contribution >= 4 is 28.4 Å². The standard InChI is InChI=1S/C28H34ClN3O3/c1-4-25(34)31-12-10-28(11-13-31)18-32(16-19-6-5-7-20(29)14-19)24(17-33)27-26(28)22-9-8-21(35-3)15-23(22)30(27)2/h5-9,14-15,24,33H,4,10-13,16-18H2,1-3H3/t24-/m0/s1. The molecule has 1 amide bonds. The molecule has 2 aromatic carbocycles. The molecular formula is C28H34ClN3O3. The quantitative estimate of drug-likeness (QED) is 0.559. The summed E-state index contributed by atoms with van der Waals surface area (Å²) in [6, 6.07) is 14.1. The average molecular weight is 496 g/mol. The fourth-order valence-corrected chi connectivity index (χ4v) is 6.53. The van der Waals surface area contributed by atoms with Gasteiger partial charge in [0.2, 0.25) is 5.91 Å². The third kappa shape index (κ3) is 4.11. The van der Waals surface area contributed by atoms with E-state index in [2.05, 4.69) is 34.7 Å². The number of aliphatic hydroxyl groups is 1. The number of hydrogen-bond acceptors (Lipinski definition) is 4. The molecule has 1 aromatic heterocycles. The van der Waals surface area contributed by atoms with E-state index in [0.717, 1.165) is 54.3 Å². The van der Waals surface area contributed by atoms with Gasteiger partial charge in [-0.15, -0.1) is 0 Å². The molecular weight excluding hydrogens is 462 g/mol. The summed E-state index contributed by atoms with van der Waals surface area (Å²) in [7, 11) is 3.78. The number of fused-ring (bicyclic) bond motifs is 4. The number of hydrogen-bond donors (Lipinski definition) is 1. The highest BCUT2D eigenvalue weighted by molar-refractivity contribution is 6.30. The number of benzene rings is 2. The number of piperidine rings is 1. The van der Waals surface area contributed by atoms with E-state index in [1.54, 1.807) is 7.11 Å². The van der Waals surface area contributed by atoms with E-state index >= 15 is 0 Å². The van der Waals surface area contributed by atoms with Gasteiger partial charge in [-0.25, -0.2) is 0 Å². The van der Waals surface area contributed by atoms with Crippen LogP contribution in [0.15, 0.2) is 42.5 Å². The van der Waals surface area contributed by atoms with Crippen LogP contribution in [-0.4, -0.2) is 58.7 Å². The van der Waals surface area contributed by atoms with E-state index in [9.17, 15) is 9.90 Å². The van der Waals surface area contributed by atoms with Crippen LogP contribution in [0.25, 0.3) is 10.9 Å². The molecule has 0 unspecified atom stereocenters. The van der Waals surface area contributed by atoms with Crippen molar-refractivity contribution in [3.63, 3.8) is 0 Å². The first-order valence-corrected chi connectivity index (χ1v) is 12.8. The summed E-state index contributed by atoms with van der Waals surface area (Å²) < 4.78 is 7.77. The Kier molecular flexibility index (Phi) is 6.55. The van der Waals surface area contributed by atoms with Gasteiger partial charge < -0.3 is 19.3 Å². The Labute approximate surface area is 212 Å². The zero-order valence-electron chi connectivity index (χ0n) is 20.8. The first kappa shape index (κ1) is 24.2. The maximum Gasteiger partial charge on any atom is 0.222 e. The Morgan fingerprint density at radius 2 is 1.97 bits per heavy atom. The molecule has 1 fully saturated rings. The van der Waals surface area contributed by atoms with Crippen molar-refractivity contribution in [2.24, 2.45) is 7.05 Å². The fraction of sp³-hybridized carbons (Fsp3) is 0.464. The highest BCUT2D eigenvalue weighted by Crippen LogP contribution is 2.50. The molecule has 0 saturated carbocycles. The first-order chi connectivity index (χ1) is 16.9. The molecule has 186 valence electrons. The van der Waals surface area contributed by atoms with E-state index in [1.807, 2.05) is 36.1 Å². The monoisotopic (exact) mass is 495 g/mol. The molecule has 2 aliphatic rings. The smallest absolute Gasteiger partial charge is 0.222 e. The van der Waals surface area contributed by atoms with Gasteiger partial charge in [0.1, 0.15) is 5.75 Å². The van der Waals surface area contributed by atoms with Crippen molar-refractivity contribution < 1.29 is 14.6 Å². The Bertz CT molecular complexity index is 1250. The lowest BCUT2D eigenvalue weighted by Gasteiger charge is -2.50. The molecule has 0 bridgehead atoms. The van der Waals surface area contributed by atoms with Crippen LogP contribution in [0, 0.1) is 0 Å². The number of aliphatic hydroxyl groups excluding tert-OH is 1. The molecule has 3 aromatic rings. The van der Waals surface area contributed by atoms with Gasteiger partial charge in [-0.05, 0) is 48.2 Å². The maximum absolute atomic E-state index is 12.5. The van der Waals surface area contributed by atoms with Crippen molar-refractivity contribution in [1.82, 2.24) is 14.4 Å². The second-order valence-corrected chi connectivity index (χ2v) is 10.4. The Morgan fingerprint density at radius 1 is 1.20 bits per heavy atom. The molecule has 6 nitrogen and oxygen atoms in total. The Balaban J connectivity index is 1.64. The van der Waals surface area contributed by atoms with Crippen LogP contribution in [0.4, 0.5) is 0 Å². The summed E-state index contributed by atoms with van der Waals surface area (Å²) in [5.41, 5.74) is 4.65. The third-order valence-corrected chi connectivity index (χ3v) is 8.30. The number of carbonyl (C=O) groups excluding carboxylic acids is 1. The minimum atomic E-state index is -0.131. The number of halogens is 1. The highest BCUT2D eigenvalue weighted by Gasteiger charge is 2.48. The van der Waals surface area contributed by atoms with E-state index in [4.69, 9.17) is 16.3 Å². The van der Waals surface area contributed by atoms with Gasteiger partial charge in [0, 0.05) is 67.2 Å². The molecule has 1 N–H and O–H groups in total. The zero-order valence-corrected chi connectivity index (χ0v) is 21.5. The summed E-state index contributed by atoms with van der Waals surface area (Å²) in [4.78, 5) is 16.9. The number of ether oxygens (including phenoxy) is 1. The highest BCUT2D eigenvalue weighted by atomic mass is 35.5. The van der Waals surface area contributed by atoms with Gasteiger partial charge in [-0.3, -0.25) is 9.69 Å². The number of likely N-dealkylation sites (tertiary alicyclic amines) is 1. The van der Waals surface area contributed by atoms with Gasteiger partial charge >= 0.3 is 0 Å². The number of carbonyl (C=O) groups is 1. The van der Waals surface area contributed by atoms with E-state index < -0.39 is 0 Å². The van der Waals surface area contributed by atoms with E-state index in [-0.39, 0.29) is 24.0 Å². The summed E-state index contributed by atoms with van der Waals surface area (Å²) in [6.07, 6.45) is 2.35. The number of rotatable bonds is 5. The van der Waals surface area contributed by atoms with Crippen LogP contribution < -0.4 is 4.74 Å². The van der Waals surface area contributed by atoms with Gasteiger partial charge in [0.25, 0.3) is 0 Å². The third-order valence-electron chi connectivity index (χ3n) is 8.07. The molecule has 35 heavy (non-hydrogen) atoms. The molecule has 7 heteroatoms. The second-order valence-electron chi connectivity index (χ2n) is 9.95. The molecule has 0 aliphatic carbocycles. The Morgan fingerprint density at radius 3 is 2.63 bits per heavy atom. The van der Waals surface area contributed by atoms with Crippen molar-refractivity contribution in [1.29, 1.82) is 0 Å². The van der Waals surface area contributed by atoms with Crippen molar-refractivity contribution in [3.8, 4) is 5.75 Å². The molecule has 2 aliphatic heterocycles. The molecule has 1 saturated heterocycles. The fourth-order valence-electron chi connectivity index (χ4n) is 6.31. The van der Waals surface area contributed by atoms with Crippen molar-refractivity contribution in [2.75, 3.05) is 33.4 Å². The topological polar surface area (TPSA) is 57.9 Å². The number of nitrogens with zero attached hydrogens (tertiary/aromatic N) is 3. The molecule has 1 atom stereocenters. The van der Waals surface area contributed by atoms with Gasteiger partial charge in [-0.2, -0.15) is 0 Å². The minimum Gasteiger partial charge on any atom is -0.497 e. The van der Waals surface area contributed by atoms with E-state index in [0.29, 0.717) is 13.0 Å². The van der Waals surface area contributed by atoms with Crippen LogP contribution in [0.2, 0.25) is 5.02 Å². The molecule has 0 radical (unpaired) electrons. The molecule has 5 rings (SSSR count). The predicted octanol–water partition coefficient (Wildman–Crippen LogP) is 4.66. The van der Waals surface area contributed by atoms with Crippen molar-refractivity contribution in [3.05, 3.63) is 64.3 Å². The number of methoxy groups -OCH3 is 1. The molecule has 1 spiro atoms.